The lowest BCUT2D eigenvalue weighted by atomic mass is 9.87. The Balaban J connectivity index is 2.22. The van der Waals surface area contributed by atoms with E-state index in [1.807, 2.05) is 0 Å². The van der Waals surface area contributed by atoms with Crippen molar-refractivity contribution in [1.82, 2.24) is 5.32 Å². The van der Waals surface area contributed by atoms with Gasteiger partial charge in [-0.3, -0.25) is 0 Å². The minimum absolute atomic E-state index is 0.251. The summed E-state index contributed by atoms with van der Waals surface area (Å²) in [7, 11) is 0. The van der Waals surface area contributed by atoms with Crippen LogP contribution in [-0.4, -0.2) is 39.0 Å². The average molecular weight is 243 g/mol. The van der Waals surface area contributed by atoms with E-state index < -0.39 is 0 Å². The van der Waals surface area contributed by atoms with E-state index in [-0.39, 0.29) is 5.41 Å². The standard InChI is InChI=1S/C14H29NO2/c1-5-7-15-13(14(2,3)4)11-17-10-12-6-8-16-9-12/h12-13,15H,5-11H2,1-4H3. The third-order valence-electron chi connectivity index (χ3n) is 3.35. The van der Waals surface area contributed by atoms with Gasteiger partial charge in [0.05, 0.1) is 19.8 Å². The first-order valence-electron chi connectivity index (χ1n) is 6.93. The zero-order chi connectivity index (χ0) is 12.7. The second-order valence-electron chi connectivity index (χ2n) is 6.14. The lowest BCUT2D eigenvalue weighted by molar-refractivity contribution is 0.0499. The smallest absolute Gasteiger partial charge is 0.0624 e. The summed E-state index contributed by atoms with van der Waals surface area (Å²) in [6.45, 7) is 13.5. The van der Waals surface area contributed by atoms with Gasteiger partial charge in [-0.25, -0.2) is 0 Å². The average Bonchev–Trinajstić information content (AvgIpc) is 2.74. The number of rotatable bonds is 7. The Morgan fingerprint density at radius 1 is 1.41 bits per heavy atom. The molecule has 2 atom stereocenters. The highest BCUT2D eigenvalue weighted by atomic mass is 16.5. The molecule has 0 aromatic carbocycles. The molecule has 0 bridgehead atoms. The molecule has 1 aliphatic rings. The maximum atomic E-state index is 5.86. The summed E-state index contributed by atoms with van der Waals surface area (Å²) in [5.74, 6) is 0.613. The van der Waals surface area contributed by atoms with Crippen molar-refractivity contribution in [3.05, 3.63) is 0 Å². The lowest BCUT2D eigenvalue weighted by Crippen LogP contribution is -2.44. The fourth-order valence-electron chi connectivity index (χ4n) is 2.00. The quantitative estimate of drug-likeness (QED) is 0.745. The predicted molar refractivity (Wildman–Crippen MR) is 71.3 cm³/mol. The van der Waals surface area contributed by atoms with Gasteiger partial charge in [0, 0.05) is 18.6 Å². The molecule has 0 saturated carbocycles. The summed E-state index contributed by atoms with van der Waals surface area (Å²) in [4.78, 5) is 0. The van der Waals surface area contributed by atoms with Crippen molar-refractivity contribution in [2.75, 3.05) is 33.0 Å². The third kappa shape index (κ3) is 5.84. The summed E-state index contributed by atoms with van der Waals surface area (Å²) < 4.78 is 11.2. The van der Waals surface area contributed by atoms with Crippen LogP contribution in [0.5, 0.6) is 0 Å². The van der Waals surface area contributed by atoms with E-state index in [9.17, 15) is 0 Å². The molecule has 0 radical (unpaired) electrons. The molecule has 0 aliphatic carbocycles. The molecule has 0 aromatic heterocycles. The zero-order valence-electron chi connectivity index (χ0n) is 11.9. The molecule has 1 N–H and O–H groups in total. The molecule has 0 amide bonds. The van der Waals surface area contributed by atoms with Crippen molar-refractivity contribution >= 4 is 0 Å². The molecular weight excluding hydrogens is 214 g/mol. The number of hydrogen-bond donors (Lipinski definition) is 1. The first kappa shape index (κ1) is 14.9. The van der Waals surface area contributed by atoms with Crippen LogP contribution in [0.15, 0.2) is 0 Å². The molecule has 102 valence electrons. The highest BCUT2D eigenvalue weighted by molar-refractivity contribution is 4.80. The molecule has 1 aliphatic heterocycles. The molecule has 1 rings (SSSR count). The zero-order valence-corrected chi connectivity index (χ0v) is 11.9. The summed E-state index contributed by atoms with van der Waals surface area (Å²) in [5.41, 5.74) is 0.251. The molecule has 1 heterocycles. The molecule has 1 fully saturated rings. The molecule has 3 heteroatoms. The van der Waals surface area contributed by atoms with Crippen LogP contribution in [0.25, 0.3) is 0 Å². The van der Waals surface area contributed by atoms with Gasteiger partial charge in [0.15, 0.2) is 0 Å². The van der Waals surface area contributed by atoms with Crippen molar-refractivity contribution in [3.8, 4) is 0 Å². The normalized spacial score (nSPS) is 22.9. The van der Waals surface area contributed by atoms with Crippen molar-refractivity contribution in [2.24, 2.45) is 11.3 Å². The highest BCUT2D eigenvalue weighted by Crippen LogP contribution is 2.20. The van der Waals surface area contributed by atoms with Crippen molar-refractivity contribution in [3.63, 3.8) is 0 Å². The molecule has 0 spiro atoms. The second kappa shape index (κ2) is 7.34. The van der Waals surface area contributed by atoms with Gasteiger partial charge in [-0.2, -0.15) is 0 Å². The molecule has 3 nitrogen and oxygen atoms in total. The number of ether oxygens (including phenoxy) is 2. The van der Waals surface area contributed by atoms with Crippen LogP contribution < -0.4 is 5.32 Å². The Morgan fingerprint density at radius 3 is 2.71 bits per heavy atom. The van der Waals surface area contributed by atoms with Crippen LogP contribution in [0.4, 0.5) is 0 Å². The van der Waals surface area contributed by atoms with Gasteiger partial charge in [-0.1, -0.05) is 27.7 Å². The first-order valence-corrected chi connectivity index (χ1v) is 6.93. The van der Waals surface area contributed by atoms with E-state index in [0.29, 0.717) is 12.0 Å². The maximum absolute atomic E-state index is 5.86. The van der Waals surface area contributed by atoms with Crippen LogP contribution in [0.3, 0.4) is 0 Å². The van der Waals surface area contributed by atoms with E-state index in [2.05, 4.69) is 33.0 Å². The molecule has 0 aromatic rings. The second-order valence-corrected chi connectivity index (χ2v) is 6.14. The SMILES string of the molecule is CCCNC(COCC1CCOC1)C(C)(C)C. The van der Waals surface area contributed by atoms with E-state index in [1.54, 1.807) is 0 Å². The summed E-state index contributed by atoms with van der Waals surface area (Å²) in [5, 5.41) is 3.58. The Hall–Kier alpha value is -0.120. The van der Waals surface area contributed by atoms with Crippen LogP contribution in [0.2, 0.25) is 0 Å². The topological polar surface area (TPSA) is 30.5 Å². The number of hydrogen-bond acceptors (Lipinski definition) is 3. The van der Waals surface area contributed by atoms with Crippen LogP contribution in [0, 0.1) is 11.3 Å². The van der Waals surface area contributed by atoms with Crippen LogP contribution in [0.1, 0.15) is 40.5 Å². The molecule has 2 unspecified atom stereocenters. The summed E-state index contributed by atoms with van der Waals surface area (Å²) >= 11 is 0. The molecule has 17 heavy (non-hydrogen) atoms. The predicted octanol–water partition coefficient (Wildman–Crippen LogP) is 2.45. The van der Waals surface area contributed by atoms with Gasteiger partial charge in [-0.15, -0.1) is 0 Å². The van der Waals surface area contributed by atoms with Gasteiger partial charge in [0.25, 0.3) is 0 Å². The van der Waals surface area contributed by atoms with Gasteiger partial charge in [-0.05, 0) is 24.8 Å². The minimum Gasteiger partial charge on any atom is -0.381 e. The highest BCUT2D eigenvalue weighted by Gasteiger charge is 2.24. The minimum atomic E-state index is 0.251. The van der Waals surface area contributed by atoms with Gasteiger partial charge in [0.2, 0.25) is 0 Å². The number of nitrogens with one attached hydrogen (secondary N) is 1. The third-order valence-corrected chi connectivity index (χ3v) is 3.35. The van der Waals surface area contributed by atoms with E-state index in [1.165, 1.54) is 6.42 Å². The first-order chi connectivity index (χ1) is 8.04. The van der Waals surface area contributed by atoms with Crippen molar-refractivity contribution < 1.29 is 9.47 Å². The monoisotopic (exact) mass is 243 g/mol. The van der Waals surface area contributed by atoms with Gasteiger partial charge in [0.1, 0.15) is 0 Å². The largest absolute Gasteiger partial charge is 0.381 e. The molecule has 1 saturated heterocycles. The Bertz CT molecular complexity index is 195. The lowest BCUT2D eigenvalue weighted by Gasteiger charge is -2.31. The van der Waals surface area contributed by atoms with Gasteiger partial charge >= 0.3 is 0 Å². The van der Waals surface area contributed by atoms with Crippen molar-refractivity contribution in [2.45, 2.75) is 46.6 Å². The van der Waals surface area contributed by atoms with E-state index in [0.717, 1.165) is 39.4 Å². The van der Waals surface area contributed by atoms with E-state index >= 15 is 0 Å². The summed E-state index contributed by atoms with van der Waals surface area (Å²) in [6, 6.07) is 0.435. The van der Waals surface area contributed by atoms with Crippen LogP contribution >= 0.6 is 0 Å². The Kier molecular flexibility index (Phi) is 6.45. The fourth-order valence-corrected chi connectivity index (χ4v) is 2.00. The van der Waals surface area contributed by atoms with Crippen molar-refractivity contribution in [1.29, 1.82) is 0 Å². The van der Waals surface area contributed by atoms with E-state index in [4.69, 9.17) is 9.47 Å². The Labute approximate surface area is 106 Å². The summed E-state index contributed by atoms with van der Waals surface area (Å²) in [6.07, 6.45) is 2.33. The Morgan fingerprint density at radius 2 is 2.18 bits per heavy atom. The molecular formula is C14H29NO2. The maximum Gasteiger partial charge on any atom is 0.0624 e. The van der Waals surface area contributed by atoms with Gasteiger partial charge < -0.3 is 14.8 Å². The van der Waals surface area contributed by atoms with Crippen LogP contribution in [-0.2, 0) is 9.47 Å². The fraction of sp³-hybridized carbons (Fsp3) is 1.00.